The molecule has 0 radical (unpaired) electrons. The summed E-state index contributed by atoms with van der Waals surface area (Å²) in [6.07, 6.45) is 0. The first-order valence-corrected chi connectivity index (χ1v) is 18.5. The summed E-state index contributed by atoms with van der Waals surface area (Å²) in [7, 11) is 0. The van der Waals surface area contributed by atoms with Gasteiger partial charge in [0.1, 0.15) is 11.2 Å². The van der Waals surface area contributed by atoms with Crippen molar-refractivity contribution < 1.29 is 4.42 Å². The number of furan rings is 1. The molecule has 242 valence electrons. The summed E-state index contributed by atoms with van der Waals surface area (Å²) < 4.78 is 14.2. The van der Waals surface area contributed by atoms with Crippen LogP contribution in [0.25, 0.3) is 108 Å². The van der Waals surface area contributed by atoms with Crippen molar-refractivity contribution in [3.63, 3.8) is 0 Å². The highest BCUT2D eigenvalue weighted by Gasteiger charge is 2.25. The fourth-order valence-electron chi connectivity index (χ4n) is 8.71. The van der Waals surface area contributed by atoms with Crippen molar-refractivity contribution in [3.8, 4) is 22.5 Å². The first kappa shape index (κ1) is 28.1. The van der Waals surface area contributed by atoms with E-state index in [1.165, 1.54) is 80.3 Å². The Morgan fingerprint density at radius 1 is 0.404 bits per heavy atom. The Hall–Kier alpha value is -6.62. The Labute approximate surface area is 301 Å². The third kappa shape index (κ3) is 3.74. The molecule has 0 aliphatic heterocycles. The zero-order valence-electron chi connectivity index (χ0n) is 27.9. The summed E-state index contributed by atoms with van der Waals surface area (Å²) in [6, 6.07) is 61.5. The minimum absolute atomic E-state index is 0.917. The Kier molecular flexibility index (Phi) is 5.65. The van der Waals surface area contributed by atoms with E-state index < -0.39 is 0 Å². The smallest absolute Gasteiger partial charge is 0.145 e. The van der Waals surface area contributed by atoms with Gasteiger partial charge in [0.25, 0.3) is 0 Å². The van der Waals surface area contributed by atoms with E-state index in [9.17, 15) is 0 Å². The average Bonchev–Trinajstić information content (AvgIpc) is 3.96. The van der Waals surface area contributed by atoms with Crippen LogP contribution in [0.3, 0.4) is 0 Å². The van der Waals surface area contributed by atoms with Crippen LogP contribution in [-0.2, 0) is 0 Å². The van der Waals surface area contributed by atoms with Gasteiger partial charge in [0.05, 0.1) is 26.8 Å². The van der Waals surface area contributed by atoms with Crippen LogP contribution in [0.1, 0.15) is 0 Å². The molecule has 12 rings (SSSR count). The van der Waals surface area contributed by atoms with Gasteiger partial charge in [-0.25, -0.2) is 0 Å². The molecule has 52 heavy (non-hydrogen) atoms. The van der Waals surface area contributed by atoms with Crippen LogP contribution in [0, 0.1) is 0 Å². The van der Waals surface area contributed by atoms with E-state index in [4.69, 9.17) is 4.42 Å². The van der Waals surface area contributed by atoms with Crippen LogP contribution >= 0.6 is 11.3 Å². The average molecular weight is 681 g/mol. The third-order valence-electron chi connectivity index (χ3n) is 10.9. The van der Waals surface area contributed by atoms with Gasteiger partial charge in [-0.3, -0.25) is 0 Å². The molecule has 0 amide bonds. The van der Waals surface area contributed by atoms with Gasteiger partial charge in [0.2, 0.25) is 0 Å². The van der Waals surface area contributed by atoms with Gasteiger partial charge in [-0.15, -0.1) is 11.3 Å². The molecule has 4 heteroatoms. The first-order chi connectivity index (χ1) is 25.8. The van der Waals surface area contributed by atoms with Crippen molar-refractivity contribution >= 4 is 97.1 Å². The van der Waals surface area contributed by atoms with Gasteiger partial charge >= 0.3 is 0 Å². The molecule has 8 aromatic carbocycles. The van der Waals surface area contributed by atoms with E-state index in [1.807, 2.05) is 11.3 Å². The van der Waals surface area contributed by atoms with E-state index in [1.54, 1.807) is 0 Å². The lowest BCUT2D eigenvalue weighted by atomic mass is 9.99. The van der Waals surface area contributed by atoms with E-state index in [0.717, 1.165) is 27.9 Å². The fraction of sp³-hybridized carbons (Fsp3) is 0. The lowest BCUT2D eigenvalue weighted by Gasteiger charge is -2.12. The zero-order valence-corrected chi connectivity index (χ0v) is 28.7. The number of para-hydroxylation sites is 4. The lowest BCUT2D eigenvalue weighted by molar-refractivity contribution is 0.673. The van der Waals surface area contributed by atoms with Crippen molar-refractivity contribution in [1.82, 2.24) is 9.13 Å². The summed E-state index contributed by atoms with van der Waals surface area (Å²) in [5.74, 6) is 0. The van der Waals surface area contributed by atoms with E-state index in [2.05, 4.69) is 179 Å². The number of thiophene rings is 1. The van der Waals surface area contributed by atoms with Crippen LogP contribution in [0.2, 0.25) is 0 Å². The summed E-state index contributed by atoms with van der Waals surface area (Å²) in [6.45, 7) is 0. The monoisotopic (exact) mass is 680 g/mol. The lowest BCUT2D eigenvalue weighted by Crippen LogP contribution is -1.95. The zero-order chi connectivity index (χ0) is 33.9. The van der Waals surface area contributed by atoms with Gasteiger partial charge in [-0.2, -0.15) is 0 Å². The standard InChI is InChI=1S/C48H28N2OS/c1-2-14-31(15-3-1)50-40-28-30(29-13-12-16-32(27-29)49-38-21-8-4-17-33(38)34-18-5-9-22-39(34)49)25-26-35(40)43-44-36-19-6-10-23-41(36)51-47(44)45-37-20-7-11-24-42(37)52-48(45)46(43)50/h1-28H. The highest BCUT2D eigenvalue weighted by atomic mass is 32.1. The summed E-state index contributed by atoms with van der Waals surface area (Å²) in [4.78, 5) is 0. The van der Waals surface area contributed by atoms with Crippen molar-refractivity contribution in [2.75, 3.05) is 0 Å². The van der Waals surface area contributed by atoms with Crippen molar-refractivity contribution in [1.29, 1.82) is 0 Å². The largest absolute Gasteiger partial charge is 0.455 e. The predicted octanol–water partition coefficient (Wildman–Crippen LogP) is 13.8. The van der Waals surface area contributed by atoms with Gasteiger partial charge in [-0.05, 0) is 65.7 Å². The minimum atomic E-state index is 0.917. The van der Waals surface area contributed by atoms with Crippen LogP contribution in [-0.4, -0.2) is 9.13 Å². The quantitative estimate of drug-likeness (QED) is 0.182. The van der Waals surface area contributed by atoms with E-state index in [-0.39, 0.29) is 0 Å². The molecular weight excluding hydrogens is 653 g/mol. The molecule has 0 spiro atoms. The number of hydrogen-bond donors (Lipinski definition) is 0. The number of aromatic nitrogens is 2. The van der Waals surface area contributed by atoms with E-state index in [0.29, 0.717) is 0 Å². The Morgan fingerprint density at radius 2 is 1.06 bits per heavy atom. The van der Waals surface area contributed by atoms with Crippen LogP contribution in [0.15, 0.2) is 174 Å². The first-order valence-electron chi connectivity index (χ1n) is 17.7. The second-order valence-corrected chi connectivity index (χ2v) is 14.7. The minimum Gasteiger partial charge on any atom is -0.455 e. The molecule has 0 saturated heterocycles. The van der Waals surface area contributed by atoms with Crippen molar-refractivity contribution in [3.05, 3.63) is 170 Å². The van der Waals surface area contributed by atoms with Crippen LogP contribution in [0.4, 0.5) is 0 Å². The molecule has 4 aromatic heterocycles. The van der Waals surface area contributed by atoms with E-state index >= 15 is 0 Å². The van der Waals surface area contributed by atoms with Crippen molar-refractivity contribution in [2.45, 2.75) is 0 Å². The maximum absolute atomic E-state index is 6.80. The number of hydrogen-bond acceptors (Lipinski definition) is 2. The number of benzene rings is 8. The van der Waals surface area contributed by atoms with Crippen molar-refractivity contribution in [2.24, 2.45) is 0 Å². The second-order valence-electron chi connectivity index (χ2n) is 13.7. The number of rotatable bonds is 3. The summed E-state index contributed by atoms with van der Waals surface area (Å²) in [5.41, 5.74) is 11.4. The summed E-state index contributed by atoms with van der Waals surface area (Å²) in [5, 5.41) is 9.75. The predicted molar refractivity (Wildman–Crippen MR) is 221 cm³/mol. The molecule has 0 aliphatic rings. The van der Waals surface area contributed by atoms with Gasteiger partial charge < -0.3 is 13.6 Å². The number of nitrogens with zero attached hydrogens (tertiary/aromatic N) is 2. The Balaban J connectivity index is 1.20. The summed E-state index contributed by atoms with van der Waals surface area (Å²) >= 11 is 1.86. The molecule has 4 heterocycles. The Bertz CT molecular complexity index is 3360. The highest BCUT2D eigenvalue weighted by molar-refractivity contribution is 7.27. The second kappa shape index (κ2) is 10.5. The van der Waals surface area contributed by atoms with Crippen LogP contribution < -0.4 is 0 Å². The Morgan fingerprint density at radius 3 is 1.87 bits per heavy atom. The molecule has 0 bridgehead atoms. The maximum atomic E-state index is 6.80. The van der Waals surface area contributed by atoms with Gasteiger partial charge in [0, 0.05) is 59.2 Å². The number of fused-ring (bicyclic) bond motifs is 15. The third-order valence-corrected chi connectivity index (χ3v) is 12.1. The normalized spacial score (nSPS) is 12.2. The maximum Gasteiger partial charge on any atom is 0.145 e. The van der Waals surface area contributed by atoms with Gasteiger partial charge in [-0.1, -0.05) is 115 Å². The fourth-order valence-corrected chi connectivity index (χ4v) is 9.95. The molecule has 0 fully saturated rings. The SMILES string of the molecule is c1ccc(-n2c3cc(-c4cccc(-n5c6ccccc6c6ccccc65)c4)ccc3c3c4c5ccccc5oc4c4c5ccccc5sc4c32)cc1. The van der Waals surface area contributed by atoms with Crippen LogP contribution in [0.5, 0.6) is 0 Å². The molecule has 0 atom stereocenters. The molecule has 3 nitrogen and oxygen atoms in total. The molecule has 0 unspecified atom stereocenters. The molecule has 12 aromatic rings. The molecule has 0 saturated carbocycles. The molecule has 0 N–H and O–H groups in total. The molecular formula is C48H28N2OS. The molecule has 0 aliphatic carbocycles. The highest BCUT2D eigenvalue weighted by Crippen LogP contribution is 2.50. The topological polar surface area (TPSA) is 23.0 Å². The van der Waals surface area contributed by atoms with Gasteiger partial charge in [0.15, 0.2) is 0 Å².